The first-order valence-corrected chi connectivity index (χ1v) is 12.1. The van der Waals surface area contributed by atoms with Crippen LogP contribution >= 0.6 is 22.9 Å². The molecule has 1 saturated heterocycles. The number of fused-ring (bicyclic) bond motifs is 1. The third-order valence-corrected chi connectivity index (χ3v) is 8.40. The number of halogens is 1. The average Bonchev–Trinajstić information content (AvgIpc) is 3.05. The van der Waals surface area contributed by atoms with Gasteiger partial charge in [0, 0.05) is 28.9 Å². The molecule has 3 aromatic rings. The van der Waals surface area contributed by atoms with Crippen LogP contribution in [0.1, 0.15) is 23.5 Å². The fourth-order valence-corrected chi connectivity index (χ4v) is 6.54. The maximum Gasteiger partial charge on any atom is 0.267 e. The van der Waals surface area contributed by atoms with Crippen LogP contribution in [-0.2, 0) is 14.8 Å². The molecule has 1 N–H and O–H groups in total. The molecule has 1 amide bonds. The molecule has 0 aliphatic carbocycles. The van der Waals surface area contributed by atoms with Crippen molar-refractivity contribution >= 4 is 54.6 Å². The monoisotopic (exact) mass is 464 g/mol. The number of ether oxygens (including phenoxy) is 1. The van der Waals surface area contributed by atoms with Gasteiger partial charge in [-0.3, -0.25) is 4.79 Å². The number of benzene rings is 2. The Morgan fingerprint density at radius 3 is 2.37 bits per heavy atom. The number of hydrogen-bond acceptors (Lipinski definition) is 5. The largest absolute Gasteiger partial charge is 0.373 e. The number of amides is 1. The van der Waals surface area contributed by atoms with E-state index in [0.29, 0.717) is 28.7 Å². The quantitative estimate of drug-likeness (QED) is 0.612. The molecule has 2 aromatic carbocycles. The van der Waals surface area contributed by atoms with Crippen molar-refractivity contribution in [2.45, 2.75) is 31.0 Å². The van der Waals surface area contributed by atoms with E-state index in [1.54, 1.807) is 12.1 Å². The van der Waals surface area contributed by atoms with E-state index in [2.05, 4.69) is 5.32 Å². The van der Waals surface area contributed by atoms with Crippen molar-refractivity contribution in [1.29, 1.82) is 0 Å². The zero-order valence-electron chi connectivity index (χ0n) is 16.5. The predicted octanol–water partition coefficient (Wildman–Crippen LogP) is 4.60. The summed E-state index contributed by atoms with van der Waals surface area (Å²) in [5.74, 6) is -0.326. The topological polar surface area (TPSA) is 75.7 Å². The Morgan fingerprint density at radius 2 is 1.73 bits per heavy atom. The number of anilines is 1. The number of carbonyl (C=O) groups excluding carboxylic acids is 1. The molecular weight excluding hydrogens is 444 g/mol. The number of sulfonamides is 1. The molecule has 0 bridgehead atoms. The lowest BCUT2D eigenvalue weighted by Gasteiger charge is -2.34. The summed E-state index contributed by atoms with van der Waals surface area (Å²) in [6, 6.07) is 13.7. The van der Waals surface area contributed by atoms with Gasteiger partial charge in [0.2, 0.25) is 10.0 Å². The molecule has 0 spiro atoms. The normalized spacial score (nSPS) is 20.4. The first kappa shape index (κ1) is 21.3. The van der Waals surface area contributed by atoms with E-state index in [-0.39, 0.29) is 23.0 Å². The lowest BCUT2D eigenvalue weighted by atomic mass is 10.2. The Hall–Kier alpha value is -1.97. The molecule has 0 radical (unpaired) electrons. The maximum absolute atomic E-state index is 12.9. The van der Waals surface area contributed by atoms with Crippen molar-refractivity contribution in [3.63, 3.8) is 0 Å². The predicted molar refractivity (Wildman–Crippen MR) is 120 cm³/mol. The summed E-state index contributed by atoms with van der Waals surface area (Å²) in [4.78, 5) is 13.3. The van der Waals surface area contributed by atoms with E-state index in [0.717, 1.165) is 10.1 Å². The molecule has 2 atom stereocenters. The fourth-order valence-electron chi connectivity index (χ4n) is 3.53. The molecule has 30 heavy (non-hydrogen) atoms. The highest BCUT2D eigenvalue weighted by Crippen LogP contribution is 2.35. The summed E-state index contributed by atoms with van der Waals surface area (Å²) in [5, 5.41) is 4.05. The Balaban J connectivity index is 1.52. The van der Waals surface area contributed by atoms with Gasteiger partial charge in [-0.15, -0.1) is 11.3 Å². The van der Waals surface area contributed by atoms with Crippen LogP contribution in [0.15, 0.2) is 53.4 Å². The van der Waals surface area contributed by atoms with Gasteiger partial charge in [-0.1, -0.05) is 29.8 Å². The number of nitrogens with zero attached hydrogens (tertiary/aromatic N) is 1. The number of nitrogens with one attached hydrogen (secondary N) is 1. The number of morpholine rings is 1. The van der Waals surface area contributed by atoms with Crippen LogP contribution in [0, 0.1) is 0 Å². The van der Waals surface area contributed by atoms with Crippen LogP contribution < -0.4 is 5.32 Å². The second-order valence-electron chi connectivity index (χ2n) is 7.30. The van der Waals surface area contributed by atoms with Crippen molar-refractivity contribution < 1.29 is 17.9 Å². The van der Waals surface area contributed by atoms with Crippen LogP contribution in [0.25, 0.3) is 10.1 Å². The average molecular weight is 465 g/mol. The standard InChI is InChI=1S/C21H21ClN2O4S2/c1-13-11-24(12-14(2)28-13)30(26,27)16-9-7-15(8-10-16)23-21(25)20-19(22)17-5-3-4-6-18(17)29-20/h3-10,13-14H,11-12H2,1-2H3,(H,23,25). The lowest BCUT2D eigenvalue weighted by molar-refractivity contribution is -0.0440. The molecule has 9 heteroatoms. The molecule has 0 saturated carbocycles. The van der Waals surface area contributed by atoms with Crippen LogP contribution in [0.3, 0.4) is 0 Å². The third kappa shape index (κ3) is 4.10. The fraction of sp³-hybridized carbons (Fsp3) is 0.286. The summed E-state index contributed by atoms with van der Waals surface area (Å²) < 4.78 is 33.9. The Kier molecular flexibility index (Phi) is 5.87. The highest BCUT2D eigenvalue weighted by atomic mass is 35.5. The van der Waals surface area contributed by atoms with E-state index in [1.807, 2.05) is 38.1 Å². The molecule has 6 nitrogen and oxygen atoms in total. The zero-order chi connectivity index (χ0) is 21.5. The van der Waals surface area contributed by atoms with Gasteiger partial charge >= 0.3 is 0 Å². The number of rotatable bonds is 4. The highest BCUT2D eigenvalue weighted by Gasteiger charge is 2.32. The Labute approximate surface area is 184 Å². The van der Waals surface area contributed by atoms with Crippen molar-refractivity contribution in [2.24, 2.45) is 0 Å². The second kappa shape index (κ2) is 8.28. The molecule has 1 fully saturated rings. The minimum absolute atomic E-state index is 0.159. The van der Waals surface area contributed by atoms with Gasteiger partial charge in [0.05, 0.1) is 22.1 Å². The summed E-state index contributed by atoms with van der Waals surface area (Å²) in [5.41, 5.74) is 0.496. The zero-order valence-corrected chi connectivity index (χ0v) is 18.9. The van der Waals surface area contributed by atoms with E-state index < -0.39 is 10.0 Å². The van der Waals surface area contributed by atoms with Gasteiger partial charge < -0.3 is 10.1 Å². The lowest BCUT2D eigenvalue weighted by Crippen LogP contribution is -2.48. The summed E-state index contributed by atoms with van der Waals surface area (Å²) in [6.45, 7) is 4.34. The van der Waals surface area contributed by atoms with Gasteiger partial charge in [0.25, 0.3) is 5.91 Å². The van der Waals surface area contributed by atoms with Crippen molar-refractivity contribution in [2.75, 3.05) is 18.4 Å². The Bertz CT molecular complexity index is 1180. The molecule has 158 valence electrons. The van der Waals surface area contributed by atoms with Gasteiger partial charge in [-0.25, -0.2) is 8.42 Å². The van der Waals surface area contributed by atoms with Gasteiger partial charge in [0.15, 0.2) is 0 Å². The number of hydrogen-bond donors (Lipinski definition) is 1. The Morgan fingerprint density at radius 1 is 1.10 bits per heavy atom. The SMILES string of the molecule is CC1CN(S(=O)(=O)c2ccc(NC(=O)c3sc4ccccc4c3Cl)cc2)CC(C)O1. The first-order valence-electron chi connectivity index (χ1n) is 9.50. The second-order valence-corrected chi connectivity index (χ2v) is 10.7. The molecule has 2 unspecified atom stereocenters. The van der Waals surface area contributed by atoms with Crippen molar-refractivity contribution in [3.8, 4) is 0 Å². The van der Waals surface area contributed by atoms with Crippen molar-refractivity contribution in [3.05, 3.63) is 58.4 Å². The molecule has 1 aromatic heterocycles. The third-order valence-electron chi connectivity index (χ3n) is 4.88. The summed E-state index contributed by atoms with van der Waals surface area (Å²) in [6.07, 6.45) is -0.318. The minimum atomic E-state index is -3.63. The van der Waals surface area contributed by atoms with Crippen LogP contribution in [0.2, 0.25) is 5.02 Å². The highest BCUT2D eigenvalue weighted by molar-refractivity contribution is 7.89. The molecule has 1 aliphatic rings. The summed E-state index contributed by atoms with van der Waals surface area (Å²) >= 11 is 7.69. The van der Waals surface area contributed by atoms with E-state index in [9.17, 15) is 13.2 Å². The number of thiophene rings is 1. The van der Waals surface area contributed by atoms with E-state index in [1.165, 1.54) is 27.8 Å². The minimum Gasteiger partial charge on any atom is -0.373 e. The summed E-state index contributed by atoms with van der Waals surface area (Å²) in [7, 11) is -3.63. The van der Waals surface area contributed by atoms with Gasteiger partial charge in [-0.05, 0) is 44.2 Å². The smallest absolute Gasteiger partial charge is 0.267 e. The van der Waals surface area contributed by atoms with Crippen molar-refractivity contribution in [1.82, 2.24) is 4.31 Å². The molecule has 1 aliphatic heterocycles. The first-order chi connectivity index (χ1) is 14.3. The van der Waals surface area contributed by atoms with E-state index in [4.69, 9.17) is 16.3 Å². The maximum atomic E-state index is 12.9. The number of carbonyl (C=O) groups is 1. The van der Waals surface area contributed by atoms with Gasteiger partial charge in [-0.2, -0.15) is 4.31 Å². The van der Waals surface area contributed by atoms with Crippen LogP contribution in [0.5, 0.6) is 0 Å². The van der Waals surface area contributed by atoms with Crippen LogP contribution in [0.4, 0.5) is 5.69 Å². The molecule has 2 heterocycles. The molecular formula is C21H21ClN2O4S2. The van der Waals surface area contributed by atoms with Gasteiger partial charge in [0.1, 0.15) is 4.88 Å². The van der Waals surface area contributed by atoms with E-state index >= 15 is 0 Å². The molecule has 4 rings (SSSR count). The van der Waals surface area contributed by atoms with Crippen LogP contribution in [-0.4, -0.2) is 43.9 Å².